The molecule has 1 aliphatic heterocycles. The lowest BCUT2D eigenvalue weighted by atomic mass is 9.99. The van der Waals surface area contributed by atoms with Gasteiger partial charge in [-0.05, 0) is 24.3 Å². The second kappa shape index (κ2) is 10.4. The van der Waals surface area contributed by atoms with Crippen molar-refractivity contribution in [1.82, 2.24) is 15.0 Å². The zero-order valence-electron chi connectivity index (χ0n) is 17.7. The van der Waals surface area contributed by atoms with E-state index in [-0.39, 0.29) is 47.0 Å². The van der Waals surface area contributed by atoms with Crippen molar-refractivity contribution in [1.29, 1.82) is 10.5 Å². The third kappa shape index (κ3) is 5.05. The summed E-state index contributed by atoms with van der Waals surface area (Å²) in [6.07, 6.45) is -0.747. The van der Waals surface area contributed by atoms with Crippen LogP contribution < -0.4 is 9.64 Å². The highest BCUT2D eigenvalue weighted by Gasteiger charge is 2.32. The molecule has 0 spiro atoms. The number of nitriles is 2. The van der Waals surface area contributed by atoms with E-state index in [9.17, 15) is 23.7 Å². The predicted molar refractivity (Wildman–Crippen MR) is 119 cm³/mol. The molecule has 172 valence electrons. The summed E-state index contributed by atoms with van der Waals surface area (Å²) in [5.41, 5.74) is 1.54. The highest BCUT2D eigenvalue weighted by atomic mass is 32.2. The quantitative estimate of drug-likeness (QED) is 0.437. The second-order valence-electron chi connectivity index (χ2n) is 7.28. The number of pyridine rings is 3. The van der Waals surface area contributed by atoms with Crippen LogP contribution in [0.4, 0.5) is 19.0 Å². The van der Waals surface area contributed by atoms with E-state index in [0.29, 0.717) is 10.8 Å². The van der Waals surface area contributed by atoms with E-state index < -0.39 is 19.2 Å². The molecule has 4 rings (SSSR count). The highest BCUT2D eigenvalue weighted by Crippen LogP contribution is 2.39. The first-order valence-electron chi connectivity index (χ1n) is 10.2. The van der Waals surface area contributed by atoms with Gasteiger partial charge in [-0.15, -0.1) is 0 Å². The van der Waals surface area contributed by atoms with E-state index in [1.54, 1.807) is 17.2 Å². The minimum Gasteiger partial charge on any atom is -0.486 e. The Kier molecular flexibility index (Phi) is 7.14. The molecule has 0 aliphatic carbocycles. The van der Waals surface area contributed by atoms with E-state index in [4.69, 9.17) is 4.74 Å². The number of anilines is 1. The summed E-state index contributed by atoms with van der Waals surface area (Å²) in [6.45, 7) is -0.600. The van der Waals surface area contributed by atoms with Crippen LogP contribution in [0, 0.1) is 22.7 Å². The molecule has 1 fully saturated rings. The number of hydrogen-bond donors (Lipinski definition) is 0. The van der Waals surface area contributed by atoms with E-state index in [2.05, 4.69) is 27.1 Å². The molecule has 0 bridgehead atoms. The van der Waals surface area contributed by atoms with Gasteiger partial charge in [-0.25, -0.2) is 18.2 Å². The number of halogens is 3. The number of rotatable bonds is 8. The van der Waals surface area contributed by atoms with Crippen molar-refractivity contribution in [2.45, 2.75) is 23.4 Å². The summed E-state index contributed by atoms with van der Waals surface area (Å²) in [6, 6.07) is 12.6. The van der Waals surface area contributed by atoms with Gasteiger partial charge >= 0.3 is 0 Å². The van der Waals surface area contributed by atoms with Gasteiger partial charge < -0.3 is 9.64 Å². The lowest BCUT2D eigenvalue weighted by Crippen LogP contribution is -2.49. The molecule has 0 amide bonds. The topological polar surface area (TPSA) is 98.7 Å². The maximum absolute atomic E-state index is 13.6. The van der Waals surface area contributed by atoms with Gasteiger partial charge in [-0.1, -0.05) is 17.8 Å². The Hall–Kier alpha value is -3.83. The van der Waals surface area contributed by atoms with E-state index in [0.717, 1.165) is 5.69 Å². The van der Waals surface area contributed by atoms with Gasteiger partial charge in [0.2, 0.25) is 0 Å². The first kappa shape index (κ1) is 23.3. The Morgan fingerprint density at radius 1 is 1.12 bits per heavy atom. The van der Waals surface area contributed by atoms with E-state index in [1.807, 2.05) is 12.1 Å². The van der Waals surface area contributed by atoms with Crippen LogP contribution in [0.5, 0.6) is 5.75 Å². The molecule has 0 N–H and O–H groups in total. The van der Waals surface area contributed by atoms with Gasteiger partial charge in [-0.2, -0.15) is 10.5 Å². The molecule has 3 aromatic rings. The van der Waals surface area contributed by atoms with Crippen LogP contribution in [0.25, 0.3) is 11.3 Å². The molecule has 7 nitrogen and oxygen atoms in total. The first-order valence-corrected chi connectivity index (χ1v) is 11.2. The molecule has 11 heteroatoms. The largest absolute Gasteiger partial charge is 0.486 e. The Balaban J connectivity index is 1.77. The summed E-state index contributed by atoms with van der Waals surface area (Å²) in [7, 11) is 0. The maximum atomic E-state index is 13.6. The fourth-order valence-electron chi connectivity index (χ4n) is 3.35. The van der Waals surface area contributed by atoms with Gasteiger partial charge in [0.25, 0.3) is 6.43 Å². The third-order valence-electron chi connectivity index (χ3n) is 4.96. The van der Waals surface area contributed by atoms with Crippen LogP contribution in [0.15, 0.2) is 47.8 Å². The lowest BCUT2D eigenvalue weighted by molar-refractivity contribution is 0.0817. The number of alkyl halides is 3. The summed E-state index contributed by atoms with van der Waals surface area (Å²) in [5, 5.41) is 20.3. The zero-order valence-corrected chi connectivity index (χ0v) is 18.5. The zero-order chi connectivity index (χ0) is 24.1. The summed E-state index contributed by atoms with van der Waals surface area (Å²) >= 11 is 1.27. The summed E-state index contributed by atoms with van der Waals surface area (Å²) in [4.78, 5) is 14.7. The Labute approximate surface area is 197 Å². The van der Waals surface area contributed by atoms with Gasteiger partial charge in [0.05, 0.1) is 36.2 Å². The Morgan fingerprint density at radius 2 is 1.91 bits per heavy atom. The van der Waals surface area contributed by atoms with Crippen LogP contribution in [0.3, 0.4) is 0 Å². The molecule has 0 radical (unpaired) electrons. The summed E-state index contributed by atoms with van der Waals surface area (Å²) in [5.74, 6) is 0.823. The molecule has 1 aliphatic rings. The van der Waals surface area contributed by atoms with Crippen molar-refractivity contribution < 1.29 is 17.9 Å². The standard InChI is InChI=1S/C23H17F3N6OS/c24-14-10-32(11-14)22-17(7-27)21(19-5-4-16(9-30-19)33-12-20(25)26)18(8-28)23(31-22)34-13-15-3-1-2-6-29-15/h1-6,9,14,20H,10-13H2. The van der Waals surface area contributed by atoms with Crippen LogP contribution in [0.2, 0.25) is 0 Å². The summed E-state index contributed by atoms with van der Waals surface area (Å²) < 4.78 is 43.4. The van der Waals surface area contributed by atoms with Crippen LogP contribution in [-0.4, -0.2) is 47.2 Å². The van der Waals surface area contributed by atoms with Crippen molar-refractivity contribution in [2.24, 2.45) is 0 Å². The van der Waals surface area contributed by atoms with E-state index >= 15 is 0 Å². The molecule has 0 saturated carbocycles. The van der Waals surface area contributed by atoms with Crippen LogP contribution in [0.1, 0.15) is 16.8 Å². The predicted octanol–water partition coefficient (Wildman–Crippen LogP) is 4.38. The first-order chi connectivity index (χ1) is 16.5. The molecular formula is C23H17F3N6OS. The minimum atomic E-state index is -2.63. The lowest BCUT2D eigenvalue weighted by Gasteiger charge is -2.36. The fraction of sp³-hybridized carbons (Fsp3) is 0.261. The normalized spacial score (nSPS) is 13.3. The smallest absolute Gasteiger partial charge is 0.272 e. The highest BCUT2D eigenvalue weighted by molar-refractivity contribution is 7.98. The number of ether oxygens (including phenoxy) is 1. The fourth-order valence-corrected chi connectivity index (χ4v) is 4.25. The molecular weight excluding hydrogens is 465 g/mol. The molecule has 0 atom stereocenters. The Bertz CT molecular complexity index is 1240. The van der Waals surface area contributed by atoms with Crippen molar-refractivity contribution in [3.05, 3.63) is 59.5 Å². The Morgan fingerprint density at radius 3 is 2.50 bits per heavy atom. The number of hydrogen-bond acceptors (Lipinski definition) is 8. The van der Waals surface area contributed by atoms with Gasteiger partial charge in [0, 0.05) is 17.5 Å². The van der Waals surface area contributed by atoms with Crippen molar-refractivity contribution in [3.63, 3.8) is 0 Å². The average molecular weight is 482 g/mol. The number of thioether (sulfide) groups is 1. The van der Waals surface area contributed by atoms with Crippen molar-refractivity contribution in [2.75, 3.05) is 24.6 Å². The van der Waals surface area contributed by atoms with Crippen molar-refractivity contribution >= 4 is 17.6 Å². The molecule has 4 heterocycles. The molecule has 1 saturated heterocycles. The van der Waals surface area contributed by atoms with Crippen LogP contribution >= 0.6 is 11.8 Å². The third-order valence-corrected chi connectivity index (χ3v) is 5.97. The average Bonchev–Trinajstić information content (AvgIpc) is 2.84. The molecule has 3 aromatic heterocycles. The number of nitrogens with zero attached hydrogens (tertiary/aromatic N) is 6. The molecule has 34 heavy (non-hydrogen) atoms. The van der Waals surface area contributed by atoms with Gasteiger partial charge in [-0.3, -0.25) is 9.97 Å². The second-order valence-corrected chi connectivity index (χ2v) is 8.25. The van der Waals surface area contributed by atoms with Gasteiger partial charge in [0.1, 0.15) is 47.1 Å². The SMILES string of the molecule is N#Cc1c(SCc2ccccn2)nc(N2CC(F)C2)c(C#N)c1-c1ccc(OCC(F)F)cn1. The number of aromatic nitrogens is 3. The molecule has 0 unspecified atom stereocenters. The molecule has 0 aromatic carbocycles. The minimum absolute atomic E-state index is 0.0885. The van der Waals surface area contributed by atoms with E-state index in [1.165, 1.54) is 30.1 Å². The monoisotopic (exact) mass is 482 g/mol. The van der Waals surface area contributed by atoms with Crippen LogP contribution in [-0.2, 0) is 5.75 Å². The van der Waals surface area contributed by atoms with Crippen molar-refractivity contribution in [3.8, 4) is 29.1 Å². The van der Waals surface area contributed by atoms with Gasteiger partial charge in [0.15, 0.2) is 0 Å². The maximum Gasteiger partial charge on any atom is 0.272 e.